The van der Waals surface area contributed by atoms with Crippen LogP contribution in [0.3, 0.4) is 0 Å². The lowest BCUT2D eigenvalue weighted by atomic mass is 10.1. The predicted octanol–water partition coefficient (Wildman–Crippen LogP) is 3.36. The first-order chi connectivity index (χ1) is 16.4. The molecule has 1 aromatic heterocycles. The number of anilines is 2. The Balaban J connectivity index is 1.18. The van der Waals surface area contributed by atoms with Gasteiger partial charge >= 0.3 is 0 Å². The fraction of sp³-hybridized carbons (Fsp3) is 0.385. The van der Waals surface area contributed by atoms with Gasteiger partial charge in [0, 0.05) is 63.0 Å². The Kier molecular flexibility index (Phi) is 5.81. The van der Waals surface area contributed by atoms with Crippen LogP contribution in [0.25, 0.3) is 11.4 Å². The summed E-state index contributed by atoms with van der Waals surface area (Å²) in [7, 11) is 0. The molecule has 8 heteroatoms. The van der Waals surface area contributed by atoms with Crippen LogP contribution in [0.15, 0.2) is 47.0 Å². The molecule has 5 rings (SSSR count). The number of hydrogen-bond donors (Lipinski definition) is 0. The van der Waals surface area contributed by atoms with Gasteiger partial charge in [-0.2, -0.15) is 4.98 Å². The van der Waals surface area contributed by atoms with Crippen LogP contribution in [0.5, 0.6) is 0 Å². The minimum absolute atomic E-state index is 0.0251. The molecular weight excluding hydrogens is 430 g/mol. The molecule has 34 heavy (non-hydrogen) atoms. The molecule has 2 aromatic carbocycles. The SMILES string of the molecule is Cc1nc(-c2ccc(N3CCN(C(=O)C4CC(=O)N(c5ccc(C)c(C)c5)C4)CC3)cc2)no1. The van der Waals surface area contributed by atoms with Crippen LogP contribution < -0.4 is 9.80 Å². The monoisotopic (exact) mass is 459 g/mol. The summed E-state index contributed by atoms with van der Waals surface area (Å²) >= 11 is 0. The molecule has 2 amide bonds. The van der Waals surface area contributed by atoms with E-state index in [4.69, 9.17) is 4.52 Å². The van der Waals surface area contributed by atoms with Crippen LogP contribution in [-0.4, -0.2) is 59.6 Å². The molecule has 2 fully saturated rings. The molecule has 3 aromatic rings. The highest BCUT2D eigenvalue weighted by atomic mass is 16.5. The van der Waals surface area contributed by atoms with Gasteiger partial charge < -0.3 is 19.2 Å². The van der Waals surface area contributed by atoms with E-state index in [9.17, 15) is 9.59 Å². The Morgan fingerprint density at radius 1 is 0.941 bits per heavy atom. The zero-order valence-corrected chi connectivity index (χ0v) is 19.8. The fourth-order valence-electron chi connectivity index (χ4n) is 4.70. The van der Waals surface area contributed by atoms with E-state index in [-0.39, 0.29) is 24.2 Å². The molecule has 2 aliphatic rings. The number of benzene rings is 2. The molecule has 0 radical (unpaired) electrons. The number of aromatic nitrogens is 2. The van der Waals surface area contributed by atoms with Crippen LogP contribution in [0.2, 0.25) is 0 Å². The van der Waals surface area contributed by atoms with Gasteiger partial charge in [0.05, 0.1) is 5.92 Å². The second-order valence-corrected chi connectivity index (χ2v) is 9.17. The Hall–Kier alpha value is -3.68. The number of rotatable bonds is 4. The van der Waals surface area contributed by atoms with Gasteiger partial charge in [-0.25, -0.2) is 0 Å². The lowest BCUT2D eigenvalue weighted by Crippen LogP contribution is -2.50. The average molecular weight is 460 g/mol. The van der Waals surface area contributed by atoms with Crippen LogP contribution in [0.1, 0.15) is 23.4 Å². The van der Waals surface area contributed by atoms with Gasteiger partial charge in [-0.15, -0.1) is 0 Å². The first-order valence-corrected chi connectivity index (χ1v) is 11.7. The third kappa shape index (κ3) is 4.27. The van der Waals surface area contributed by atoms with E-state index in [0.717, 1.165) is 35.6 Å². The number of amides is 2. The molecule has 1 atom stereocenters. The van der Waals surface area contributed by atoms with Crippen molar-refractivity contribution in [3.8, 4) is 11.4 Å². The smallest absolute Gasteiger partial charge is 0.228 e. The Labute approximate surface area is 199 Å². The fourth-order valence-corrected chi connectivity index (χ4v) is 4.70. The summed E-state index contributed by atoms with van der Waals surface area (Å²) in [6, 6.07) is 14.1. The molecule has 2 aliphatic heterocycles. The normalized spacial score (nSPS) is 18.6. The van der Waals surface area contributed by atoms with Gasteiger partial charge in [-0.1, -0.05) is 11.2 Å². The van der Waals surface area contributed by atoms with Crippen LogP contribution >= 0.6 is 0 Å². The maximum Gasteiger partial charge on any atom is 0.228 e. The lowest BCUT2D eigenvalue weighted by molar-refractivity contribution is -0.136. The standard InChI is InChI=1S/C26H29N5O3/c1-17-4-7-23(14-18(17)2)31-16-21(15-24(31)32)26(33)30-12-10-29(11-13-30)22-8-5-20(6-9-22)25-27-19(3)34-28-25/h4-9,14,21H,10-13,15-16H2,1-3H3. The highest BCUT2D eigenvalue weighted by Gasteiger charge is 2.38. The minimum Gasteiger partial charge on any atom is -0.368 e. The maximum absolute atomic E-state index is 13.2. The average Bonchev–Trinajstić information content (AvgIpc) is 3.46. The number of carbonyl (C=O) groups is 2. The van der Waals surface area contributed by atoms with Crippen LogP contribution in [0, 0.1) is 26.7 Å². The van der Waals surface area contributed by atoms with Crippen molar-refractivity contribution in [3.05, 3.63) is 59.5 Å². The van der Waals surface area contributed by atoms with E-state index in [2.05, 4.69) is 34.1 Å². The van der Waals surface area contributed by atoms with Gasteiger partial charge in [-0.05, 0) is 61.4 Å². The van der Waals surface area contributed by atoms with Crippen molar-refractivity contribution in [2.24, 2.45) is 5.92 Å². The van der Waals surface area contributed by atoms with Crippen molar-refractivity contribution in [1.82, 2.24) is 15.0 Å². The molecule has 8 nitrogen and oxygen atoms in total. The molecule has 0 spiro atoms. The Morgan fingerprint density at radius 3 is 2.29 bits per heavy atom. The number of piperazine rings is 1. The third-order valence-corrected chi connectivity index (χ3v) is 6.89. The largest absolute Gasteiger partial charge is 0.368 e. The Bertz CT molecular complexity index is 1210. The molecular formula is C26H29N5O3. The van der Waals surface area contributed by atoms with Crippen molar-refractivity contribution < 1.29 is 14.1 Å². The molecule has 0 bridgehead atoms. The third-order valence-electron chi connectivity index (χ3n) is 6.89. The van der Waals surface area contributed by atoms with Gasteiger partial charge in [0.25, 0.3) is 0 Å². The van der Waals surface area contributed by atoms with E-state index in [1.165, 1.54) is 5.56 Å². The zero-order valence-electron chi connectivity index (χ0n) is 19.8. The van der Waals surface area contributed by atoms with Gasteiger partial charge in [0.2, 0.25) is 23.5 Å². The van der Waals surface area contributed by atoms with E-state index < -0.39 is 0 Å². The van der Waals surface area contributed by atoms with E-state index >= 15 is 0 Å². The number of carbonyl (C=O) groups excluding carboxylic acids is 2. The summed E-state index contributed by atoms with van der Waals surface area (Å²) in [5, 5.41) is 3.96. The van der Waals surface area contributed by atoms with Crippen molar-refractivity contribution in [1.29, 1.82) is 0 Å². The Morgan fingerprint density at radius 2 is 1.65 bits per heavy atom. The maximum atomic E-state index is 13.2. The van der Waals surface area contributed by atoms with Gasteiger partial charge in [0.15, 0.2) is 0 Å². The van der Waals surface area contributed by atoms with Gasteiger partial charge in [-0.3, -0.25) is 9.59 Å². The van der Waals surface area contributed by atoms with E-state index in [1.54, 1.807) is 11.8 Å². The van der Waals surface area contributed by atoms with Gasteiger partial charge in [0.1, 0.15) is 0 Å². The summed E-state index contributed by atoms with van der Waals surface area (Å²) in [5.41, 5.74) is 5.24. The summed E-state index contributed by atoms with van der Waals surface area (Å²) in [4.78, 5) is 36.1. The molecule has 2 saturated heterocycles. The molecule has 176 valence electrons. The van der Waals surface area contributed by atoms with E-state index in [0.29, 0.717) is 31.3 Å². The second kappa shape index (κ2) is 8.93. The van der Waals surface area contributed by atoms with Crippen molar-refractivity contribution in [2.45, 2.75) is 27.2 Å². The van der Waals surface area contributed by atoms with Crippen molar-refractivity contribution >= 4 is 23.2 Å². The number of nitrogens with zero attached hydrogens (tertiary/aromatic N) is 5. The summed E-state index contributed by atoms with van der Waals surface area (Å²) in [5.74, 6) is 0.957. The zero-order chi connectivity index (χ0) is 23.8. The molecule has 0 N–H and O–H groups in total. The highest BCUT2D eigenvalue weighted by molar-refractivity contribution is 6.00. The first kappa shape index (κ1) is 22.1. The first-order valence-electron chi connectivity index (χ1n) is 11.7. The number of hydrogen-bond acceptors (Lipinski definition) is 6. The predicted molar refractivity (Wildman–Crippen MR) is 130 cm³/mol. The van der Waals surface area contributed by atoms with Crippen molar-refractivity contribution in [2.75, 3.05) is 42.5 Å². The highest BCUT2D eigenvalue weighted by Crippen LogP contribution is 2.29. The number of aryl methyl sites for hydroxylation is 3. The molecule has 0 aliphatic carbocycles. The molecule has 3 heterocycles. The minimum atomic E-state index is -0.279. The quantitative estimate of drug-likeness (QED) is 0.595. The molecule has 0 saturated carbocycles. The summed E-state index contributed by atoms with van der Waals surface area (Å²) in [6.45, 7) is 9.15. The van der Waals surface area contributed by atoms with Crippen LogP contribution in [0.4, 0.5) is 11.4 Å². The summed E-state index contributed by atoms with van der Waals surface area (Å²) in [6.07, 6.45) is 0.281. The second-order valence-electron chi connectivity index (χ2n) is 9.17. The molecule has 1 unspecified atom stereocenters. The van der Waals surface area contributed by atoms with E-state index in [1.807, 2.05) is 42.2 Å². The lowest BCUT2D eigenvalue weighted by Gasteiger charge is -2.37. The van der Waals surface area contributed by atoms with Crippen molar-refractivity contribution in [3.63, 3.8) is 0 Å². The summed E-state index contributed by atoms with van der Waals surface area (Å²) < 4.78 is 5.06. The topological polar surface area (TPSA) is 82.8 Å². The van der Waals surface area contributed by atoms with Crippen LogP contribution in [-0.2, 0) is 9.59 Å².